The van der Waals surface area contributed by atoms with Gasteiger partial charge in [0.15, 0.2) is 0 Å². The van der Waals surface area contributed by atoms with Crippen molar-refractivity contribution in [3.63, 3.8) is 0 Å². The normalized spacial score (nSPS) is 9.86. The van der Waals surface area contributed by atoms with Crippen molar-refractivity contribution in [1.82, 2.24) is 0 Å². The molecule has 0 spiro atoms. The number of nitrogens with zero attached hydrogens (tertiary/aromatic N) is 1. The first-order valence-electron chi connectivity index (χ1n) is 8.46. The molecule has 0 bridgehead atoms. The predicted octanol–water partition coefficient (Wildman–Crippen LogP) is 4.07. The zero-order chi connectivity index (χ0) is 19.9. The van der Waals surface area contributed by atoms with Crippen molar-refractivity contribution >= 4 is 23.2 Å². The van der Waals surface area contributed by atoms with Crippen molar-refractivity contribution in [2.75, 3.05) is 17.7 Å². The molecule has 6 heteroatoms. The van der Waals surface area contributed by atoms with Gasteiger partial charge in [0, 0.05) is 17.3 Å². The molecule has 6 nitrogen and oxygen atoms in total. The lowest BCUT2D eigenvalue weighted by Gasteiger charge is -2.12. The van der Waals surface area contributed by atoms with Crippen LogP contribution in [0.3, 0.4) is 0 Å². The number of anilines is 2. The number of carbonyl (C=O) groups is 2. The number of nitrogens with one attached hydrogen (secondary N) is 2. The highest BCUT2D eigenvalue weighted by Crippen LogP contribution is 2.21. The Morgan fingerprint density at radius 2 is 1.64 bits per heavy atom. The Labute approximate surface area is 162 Å². The Morgan fingerprint density at radius 1 is 0.893 bits per heavy atom. The summed E-state index contributed by atoms with van der Waals surface area (Å²) in [5.41, 5.74) is 2.15. The molecule has 2 N–H and O–H groups in total. The minimum atomic E-state index is -0.369. The second-order valence-electron chi connectivity index (χ2n) is 5.87. The first-order chi connectivity index (χ1) is 13.6. The second-order valence-corrected chi connectivity index (χ2v) is 5.87. The van der Waals surface area contributed by atoms with Crippen LogP contribution < -0.4 is 15.4 Å². The van der Waals surface area contributed by atoms with Crippen molar-refractivity contribution in [2.45, 2.75) is 0 Å². The number of hydrogen-bond donors (Lipinski definition) is 2. The van der Waals surface area contributed by atoms with Crippen LogP contribution in [-0.2, 0) is 0 Å². The molecule has 138 valence electrons. The molecule has 0 aliphatic carbocycles. The number of carbonyl (C=O) groups excluding carboxylic acids is 2. The third-order valence-corrected chi connectivity index (χ3v) is 4.02. The average molecular weight is 371 g/mol. The van der Waals surface area contributed by atoms with E-state index in [1.165, 1.54) is 0 Å². The van der Waals surface area contributed by atoms with Gasteiger partial charge >= 0.3 is 0 Å². The van der Waals surface area contributed by atoms with E-state index >= 15 is 0 Å². The van der Waals surface area contributed by atoms with E-state index < -0.39 is 0 Å². The Kier molecular flexibility index (Phi) is 5.68. The third-order valence-electron chi connectivity index (χ3n) is 4.02. The molecule has 3 aromatic rings. The Balaban J connectivity index is 1.79. The fourth-order valence-corrected chi connectivity index (χ4v) is 2.58. The SMILES string of the molecule is COc1cccc(NC(=O)c2ccccc2NC(=O)c2ccc(C#N)cc2)c1. The fourth-order valence-electron chi connectivity index (χ4n) is 2.58. The summed E-state index contributed by atoms with van der Waals surface area (Å²) in [6.45, 7) is 0. The lowest BCUT2D eigenvalue weighted by molar-refractivity contribution is 0.102. The van der Waals surface area contributed by atoms with Crippen LogP contribution >= 0.6 is 0 Å². The molecule has 0 aliphatic rings. The molecule has 0 heterocycles. The number of hydrogen-bond acceptors (Lipinski definition) is 4. The van der Waals surface area contributed by atoms with E-state index in [0.29, 0.717) is 33.8 Å². The monoisotopic (exact) mass is 371 g/mol. The van der Waals surface area contributed by atoms with Crippen molar-refractivity contribution in [3.05, 3.63) is 89.5 Å². The third kappa shape index (κ3) is 4.34. The first-order valence-corrected chi connectivity index (χ1v) is 8.46. The zero-order valence-corrected chi connectivity index (χ0v) is 15.1. The van der Waals surface area contributed by atoms with Crippen LogP contribution in [-0.4, -0.2) is 18.9 Å². The van der Waals surface area contributed by atoms with Crippen molar-refractivity contribution in [1.29, 1.82) is 5.26 Å². The van der Waals surface area contributed by atoms with Crippen LogP contribution in [0.5, 0.6) is 5.75 Å². The summed E-state index contributed by atoms with van der Waals surface area (Å²) in [7, 11) is 1.55. The molecule has 2 amide bonds. The molecular weight excluding hydrogens is 354 g/mol. The quantitative estimate of drug-likeness (QED) is 0.707. The van der Waals surface area contributed by atoms with Crippen LogP contribution in [0.1, 0.15) is 26.3 Å². The van der Waals surface area contributed by atoms with Gasteiger partial charge in [-0.25, -0.2) is 0 Å². The number of methoxy groups -OCH3 is 1. The van der Waals surface area contributed by atoms with Crippen LogP contribution in [0.2, 0.25) is 0 Å². The van der Waals surface area contributed by atoms with Gasteiger partial charge in [0.25, 0.3) is 11.8 Å². The van der Waals surface area contributed by atoms with Gasteiger partial charge in [0.2, 0.25) is 0 Å². The molecule has 0 aromatic heterocycles. The summed E-state index contributed by atoms with van der Waals surface area (Å²) in [5.74, 6) is -0.102. The fraction of sp³-hybridized carbons (Fsp3) is 0.0455. The van der Waals surface area contributed by atoms with Gasteiger partial charge in [-0.3, -0.25) is 9.59 Å². The number of amides is 2. The molecule has 28 heavy (non-hydrogen) atoms. The molecule has 0 aliphatic heterocycles. The first kappa shape index (κ1) is 18.7. The number of ether oxygens (including phenoxy) is 1. The Hall–Kier alpha value is -4.11. The summed E-state index contributed by atoms with van der Waals surface area (Å²) in [6, 6.07) is 22.0. The van der Waals surface area contributed by atoms with Crippen LogP contribution in [0.4, 0.5) is 11.4 Å². The van der Waals surface area contributed by atoms with Gasteiger partial charge in [0.05, 0.1) is 30.0 Å². The molecule has 0 saturated carbocycles. The Morgan fingerprint density at radius 3 is 2.36 bits per heavy atom. The van der Waals surface area contributed by atoms with E-state index in [4.69, 9.17) is 10.00 Å². The van der Waals surface area contributed by atoms with E-state index in [-0.39, 0.29) is 11.8 Å². The van der Waals surface area contributed by atoms with Gasteiger partial charge in [-0.15, -0.1) is 0 Å². The van der Waals surface area contributed by atoms with Crippen molar-refractivity contribution in [3.8, 4) is 11.8 Å². The minimum absolute atomic E-state index is 0.326. The number of nitriles is 1. The highest BCUT2D eigenvalue weighted by Gasteiger charge is 2.14. The summed E-state index contributed by atoms with van der Waals surface area (Å²) in [5, 5.41) is 14.4. The maximum absolute atomic E-state index is 12.7. The van der Waals surface area contributed by atoms with Gasteiger partial charge in [0.1, 0.15) is 5.75 Å². The molecule has 0 fully saturated rings. The molecule has 0 atom stereocenters. The lowest BCUT2D eigenvalue weighted by Crippen LogP contribution is -2.18. The van der Waals surface area contributed by atoms with Gasteiger partial charge in [-0.2, -0.15) is 5.26 Å². The maximum atomic E-state index is 12.7. The van der Waals surface area contributed by atoms with Crippen LogP contribution in [0.15, 0.2) is 72.8 Å². The van der Waals surface area contributed by atoms with Crippen LogP contribution in [0, 0.1) is 11.3 Å². The topological polar surface area (TPSA) is 91.2 Å². The number of para-hydroxylation sites is 1. The summed E-state index contributed by atoms with van der Waals surface area (Å²) < 4.78 is 5.16. The Bertz CT molecular complexity index is 1050. The van der Waals surface area contributed by atoms with Crippen LogP contribution in [0.25, 0.3) is 0 Å². The minimum Gasteiger partial charge on any atom is -0.497 e. The molecule has 0 unspecified atom stereocenters. The number of rotatable bonds is 5. The van der Waals surface area contributed by atoms with E-state index in [2.05, 4.69) is 10.6 Å². The predicted molar refractivity (Wildman–Crippen MR) is 106 cm³/mol. The molecule has 3 aromatic carbocycles. The average Bonchev–Trinajstić information content (AvgIpc) is 2.74. The van der Waals surface area contributed by atoms with E-state index in [1.807, 2.05) is 6.07 Å². The van der Waals surface area contributed by atoms with Gasteiger partial charge < -0.3 is 15.4 Å². The van der Waals surface area contributed by atoms with E-state index in [1.54, 1.807) is 79.9 Å². The molecule has 0 radical (unpaired) electrons. The highest BCUT2D eigenvalue weighted by molar-refractivity contribution is 6.12. The summed E-state index contributed by atoms with van der Waals surface area (Å²) in [4.78, 5) is 25.2. The van der Waals surface area contributed by atoms with E-state index in [0.717, 1.165) is 0 Å². The summed E-state index contributed by atoms with van der Waals surface area (Å²) in [6.07, 6.45) is 0. The molecule has 3 rings (SSSR count). The molecular formula is C22H17N3O3. The molecule has 0 saturated heterocycles. The standard InChI is InChI=1S/C22H17N3O3/c1-28-18-6-4-5-17(13-18)24-22(27)19-7-2-3-8-20(19)25-21(26)16-11-9-15(14-23)10-12-16/h2-13H,1H3,(H,24,27)(H,25,26). The summed E-state index contributed by atoms with van der Waals surface area (Å²) >= 11 is 0. The van der Waals surface area contributed by atoms with Crippen molar-refractivity contribution in [2.24, 2.45) is 0 Å². The largest absolute Gasteiger partial charge is 0.497 e. The van der Waals surface area contributed by atoms with Gasteiger partial charge in [-0.1, -0.05) is 18.2 Å². The second kappa shape index (κ2) is 8.52. The zero-order valence-electron chi connectivity index (χ0n) is 15.1. The van der Waals surface area contributed by atoms with Gasteiger partial charge in [-0.05, 0) is 48.5 Å². The number of benzene rings is 3. The highest BCUT2D eigenvalue weighted by atomic mass is 16.5. The van der Waals surface area contributed by atoms with Crippen molar-refractivity contribution < 1.29 is 14.3 Å². The smallest absolute Gasteiger partial charge is 0.257 e. The maximum Gasteiger partial charge on any atom is 0.257 e. The van der Waals surface area contributed by atoms with E-state index in [9.17, 15) is 9.59 Å². The lowest BCUT2D eigenvalue weighted by atomic mass is 10.1.